The predicted molar refractivity (Wildman–Crippen MR) is 133 cm³/mol. The molecule has 1 N–H and O–H groups in total. The van der Waals surface area contributed by atoms with Gasteiger partial charge in [-0.3, -0.25) is 4.98 Å². The van der Waals surface area contributed by atoms with Crippen LogP contribution in [0.25, 0.3) is 22.6 Å². The lowest BCUT2D eigenvalue weighted by atomic mass is 10.2. The number of pyridine rings is 2. The molecular formula is C26H19N5O4S. The number of benzene rings is 2. The maximum Gasteiger partial charge on any atom is 0.183 e. The number of nitrogens with zero attached hydrogens (tertiary/aromatic N) is 4. The highest BCUT2D eigenvalue weighted by molar-refractivity contribution is 7.91. The SMILES string of the molecule is CCS(=O)(=O)c1ccc(Oc2cc(Oc3cccnc3C#N)c3nc(-c4ccccn4)[nH]c3c2)cc1. The Morgan fingerprint density at radius 1 is 0.917 bits per heavy atom. The zero-order valence-electron chi connectivity index (χ0n) is 19.0. The van der Waals surface area contributed by atoms with Gasteiger partial charge in [0.15, 0.2) is 32.9 Å². The van der Waals surface area contributed by atoms with E-state index in [2.05, 4.69) is 19.9 Å². The maximum atomic E-state index is 12.1. The van der Waals surface area contributed by atoms with E-state index in [4.69, 9.17) is 9.47 Å². The van der Waals surface area contributed by atoms with E-state index in [0.29, 0.717) is 39.8 Å². The molecule has 0 fully saturated rings. The first-order chi connectivity index (χ1) is 17.5. The van der Waals surface area contributed by atoms with Gasteiger partial charge in [-0.05, 0) is 48.5 Å². The second-order valence-corrected chi connectivity index (χ2v) is 9.94. The fraction of sp³-hybridized carbons (Fsp3) is 0.0769. The number of sulfone groups is 1. The molecule has 3 aromatic heterocycles. The molecule has 3 heterocycles. The van der Waals surface area contributed by atoms with E-state index in [1.807, 2.05) is 24.3 Å². The number of aromatic nitrogens is 4. The molecule has 0 aliphatic carbocycles. The zero-order valence-corrected chi connectivity index (χ0v) is 19.9. The Kier molecular flexibility index (Phi) is 6.06. The summed E-state index contributed by atoms with van der Waals surface area (Å²) < 4.78 is 36.3. The first-order valence-electron chi connectivity index (χ1n) is 11.0. The normalized spacial score (nSPS) is 11.2. The van der Waals surface area contributed by atoms with Crippen LogP contribution in [0, 0.1) is 11.3 Å². The van der Waals surface area contributed by atoms with Crippen molar-refractivity contribution in [3.8, 4) is 40.6 Å². The summed E-state index contributed by atoms with van der Waals surface area (Å²) in [5.41, 5.74) is 1.91. The molecule has 0 atom stereocenters. The summed E-state index contributed by atoms with van der Waals surface area (Å²) in [4.78, 5) is 16.5. The highest BCUT2D eigenvalue weighted by atomic mass is 32.2. The van der Waals surface area contributed by atoms with Gasteiger partial charge in [0.2, 0.25) is 0 Å². The molecule has 0 radical (unpaired) electrons. The first kappa shape index (κ1) is 23.0. The van der Waals surface area contributed by atoms with E-state index in [-0.39, 0.29) is 22.1 Å². The Hall–Kier alpha value is -4.75. The van der Waals surface area contributed by atoms with Gasteiger partial charge in [-0.15, -0.1) is 0 Å². The zero-order chi connectivity index (χ0) is 25.1. The molecule has 36 heavy (non-hydrogen) atoms. The van der Waals surface area contributed by atoms with Crippen molar-refractivity contribution in [2.45, 2.75) is 11.8 Å². The van der Waals surface area contributed by atoms with Gasteiger partial charge in [0, 0.05) is 24.5 Å². The molecule has 0 unspecified atom stereocenters. The molecule has 10 heteroatoms. The smallest absolute Gasteiger partial charge is 0.183 e. The van der Waals surface area contributed by atoms with E-state index < -0.39 is 9.84 Å². The molecule has 5 aromatic rings. The van der Waals surface area contributed by atoms with Crippen LogP contribution in [0.15, 0.2) is 84.0 Å². The third-order valence-corrected chi connectivity index (χ3v) is 7.08. The largest absolute Gasteiger partial charge is 0.457 e. The van der Waals surface area contributed by atoms with Crippen LogP contribution in [0.4, 0.5) is 0 Å². The first-order valence-corrected chi connectivity index (χ1v) is 12.6. The van der Waals surface area contributed by atoms with Gasteiger partial charge in [-0.25, -0.2) is 18.4 Å². The summed E-state index contributed by atoms with van der Waals surface area (Å²) in [5.74, 6) is 2.03. The molecule has 0 saturated heterocycles. The minimum atomic E-state index is -3.32. The third kappa shape index (κ3) is 4.60. The number of aromatic amines is 1. The van der Waals surface area contributed by atoms with Crippen LogP contribution in [-0.2, 0) is 9.84 Å². The van der Waals surface area contributed by atoms with Gasteiger partial charge in [0.1, 0.15) is 28.8 Å². The highest BCUT2D eigenvalue weighted by Gasteiger charge is 2.17. The molecule has 0 spiro atoms. The van der Waals surface area contributed by atoms with Crippen LogP contribution >= 0.6 is 0 Å². The molecule has 0 saturated carbocycles. The number of nitrogens with one attached hydrogen (secondary N) is 1. The van der Waals surface area contributed by atoms with Crippen molar-refractivity contribution < 1.29 is 17.9 Å². The maximum absolute atomic E-state index is 12.1. The number of rotatable bonds is 7. The molecule has 5 rings (SSSR count). The molecule has 2 aromatic carbocycles. The topological polar surface area (TPSA) is 131 Å². The lowest BCUT2D eigenvalue weighted by Gasteiger charge is -2.11. The number of hydrogen-bond acceptors (Lipinski definition) is 8. The molecular weight excluding hydrogens is 478 g/mol. The summed E-state index contributed by atoms with van der Waals surface area (Å²) in [7, 11) is -3.32. The van der Waals surface area contributed by atoms with Crippen LogP contribution in [0.2, 0.25) is 0 Å². The average Bonchev–Trinajstić information content (AvgIpc) is 3.34. The Labute approximate surface area is 206 Å². The Balaban J connectivity index is 1.57. The summed E-state index contributed by atoms with van der Waals surface area (Å²) in [6, 6.07) is 20.4. The number of H-pyrrole nitrogens is 1. The fourth-order valence-electron chi connectivity index (χ4n) is 3.51. The second-order valence-electron chi connectivity index (χ2n) is 7.66. The average molecular weight is 498 g/mol. The molecule has 9 nitrogen and oxygen atoms in total. The van der Waals surface area contributed by atoms with Gasteiger partial charge < -0.3 is 14.5 Å². The van der Waals surface area contributed by atoms with Gasteiger partial charge in [0.25, 0.3) is 0 Å². The molecule has 0 bridgehead atoms. The van der Waals surface area contributed by atoms with Crippen molar-refractivity contribution in [3.63, 3.8) is 0 Å². The van der Waals surface area contributed by atoms with E-state index in [1.165, 1.54) is 18.3 Å². The Morgan fingerprint density at radius 2 is 1.72 bits per heavy atom. The quantitative estimate of drug-likeness (QED) is 0.322. The van der Waals surface area contributed by atoms with Crippen molar-refractivity contribution in [1.82, 2.24) is 19.9 Å². The number of nitriles is 1. The lowest BCUT2D eigenvalue weighted by molar-refractivity contribution is 0.461. The minimum Gasteiger partial charge on any atom is -0.457 e. The Morgan fingerprint density at radius 3 is 2.44 bits per heavy atom. The number of hydrogen-bond donors (Lipinski definition) is 1. The van der Waals surface area contributed by atoms with Crippen LogP contribution in [0.1, 0.15) is 12.6 Å². The van der Waals surface area contributed by atoms with Crippen molar-refractivity contribution in [1.29, 1.82) is 5.26 Å². The van der Waals surface area contributed by atoms with Crippen molar-refractivity contribution in [2.24, 2.45) is 0 Å². The lowest BCUT2D eigenvalue weighted by Crippen LogP contribution is -2.03. The summed E-state index contributed by atoms with van der Waals surface area (Å²) >= 11 is 0. The predicted octanol–water partition coefficient (Wildman–Crippen LogP) is 5.27. The Bertz CT molecular complexity index is 1690. The summed E-state index contributed by atoms with van der Waals surface area (Å²) in [6.07, 6.45) is 3.18. The van der Waals surface area contributed by atoms with E-state index in [0.717, 1.165) is 0 Å². The van der Waals surface area contributed by atoms with Crippen molar-refractivity contribution in [3.05, 3.63) is 84.8 Å². The van der Waals surface area contributed by atoms with Gasteiger partial charge in [0.05, 0.1) is 16.2 Å². The standard InChI is InChI=1S/C26H19N5O4S/c1-2-36(32,33)19-10-8-17(9-11-19)34-18-14-21-25(31-26(30-21)20-6-3-4-12-28-20)24(15-18)35-23-7-5-13-29-22(23)16-27/h3-15H,2H2,1H3,(H,30,31). The number of fused-ring (bicyclic) bond motifs is 1. The van der Waals surface area contributed by atoms with Gasteiger partial charge in [-0.1, -0.05) is 13.0 Å². The summed E-state index contributed by atoms with van der Waals surface area (Å²) in [5, 5.41) is 9.42. The number of ether oxygens (including phenoxy) is 2. The van der Waals surface area contributed by atoms with E-state index in [9.17, 15) is 13.7 Å². The van der Waals surface area contributed by atoms with E-state index >= 15 is 0 Å². The number of imidazole rings is 1. The minimum absolute atomic E-state index is 0.0159. The van der Waals surface area contributed by atoms with Crippen molar-refractivity contribution >= 4 is 20.9 Å². The third-order valence-electron chi connectivity index (χ3n) is 5.33. The van der Waals surface area contributed by atoms with E-state index in [1.54, 1.807) is 49.5 Å². The van der Waals surface area contributed by atoms with Crippen LogP contribution in [0.3, 0.4) is 0 Å². The molecule has 178 valence electrons. The fourth-order valence-corrected chi connectivity index (χ4v) is 4.40. The van der Waals surface area contributed by atoms with Gasteiger partial charge >= 0.3 is 0 Å². The molecule has 0 aliphatic heterocycles. The molecule has 0 aliphatic rings. The highest BCUT2D eigenvalue weighted by Crippen LogP contribution is 2.37. The molecule has 0 amide bonds. The van der Waals surface area contributed by atoms with Crippen LogP contribution in [0.5, 0.6) is 23.0 Å². The van der Waals surface area contributed by atoms with Crippen LogP contribution < -0.4 is 9.47 Å². The summed E-state index contributed by atoms with van der Waals surface area (Å²) in [6.45, 7) is 1.60. The monoisotopic (exact) mass is 497 g/mol. The second kappa shape index (κ2) is 9.48. The van der Waals surface area contributed by atoms with Crippen LogP contribution in [-0.4, -0.2) is 34.1 Å². The van der Waals surface area contributed by atoms with Gasteiger partial charge in [-0.2, -0.15) is 5.26 Å². The van der Waals surface area contributed by atoms with Crippen molar-refractivity contribution in [2.75, 3.05) is 5.75 Å².